The number of fused-ring (bicyclic) bond motifs is 3. The van der Waals surface area contributed by atoms with Crippen molar-refractivity contribution in [2.24, 2.45) is 0 Å². The normalized spacial score (nSPS) is 11.4. The van der Waals surface area contributed by atoms with E-state index in [2.05, 4.69) is 139 Å². The maximum absolute atomic E-state index is 6.62. The molecule has 0 bridgehead atoms. The third-order valence-corrected chi connectivity index (χ3v) is 9.32. The van der Waals surface area contributed by atoms with Gasteiger partial charge in [0.25, 0.3) is 0 Å². The van der Waals surface area contributed by atoms with Gasteiger partial charge in [0.05, 0.1) is 5.69 Å². The summed E-state index contributed by atoms with van der Waals surface area (Å²) in [5.41, 5.74) is 13.6. The molecule has 0 radical (unpaired) electrons. The van der Waals surface area contributed by atoms with E-state index in [4.69, 9.17) is 14.8 Å². The number of hydrogen-bond acceptors (Lipinski definition) is 3. The van der Waals surface area contributed by atoms with Crippen molar-refractivity contribution in [1.29, 1.82) is 0 Å². The average Bonchev–Trinajstić information content (AvgIpc) is 3.53. The van der Waals surface area contributed by atoms with Crippen LogP contribution in [0.5, 0.6) is 11.5 Å². The van der Waals surface area contributed by atoms with Crippen molar-refractivity contribution < 1.29 is 25.2 Å². The van der Waals surface area contributed by atoms with Gasteiger partial charge in [0, 0.05) is 34.5 Å². The minimum Gasteiger partial charge on any atom is -0.509 e. The SMILES string of the molecule is CCCc1ccnc(-n2c3[c-]c(Oc4[c-]c(-n5nc(C)c(-c6c(C)cc(C)cc6C)c5C)cc(C(C)C)c4)ccc3c3ccccc32)c1.[Pd+2]. The molecule has 0 saturated heterocycles. The van der Waals surface area contributed by atoms with Crippen LogP contribution < -0.4 is 4.74 Å². The van der Waals surface area contributed by atoms with Crippen molar-refractivity contribution >= 4 is 21.8 Å². The molecule has 0 saturated carbocycles. The van der Waals surface area contributed by atoms with Crippen LogP contribution in [0.1, 0.15) is 72.3 Å². The second-order valence-corrected chi connectivity index (χ2v) is 13.4. The predicted octanol–water partition coefficient (Wildman–Crippen LogP) is 11.0. The molecule has 0 aliphatic carbocycles. The molecule has 49 heavy (non-hydrogen) atoms. The minimum atomic E-state index is 0. The van der Waals surface area contributed by atoms with Gasteiger partial charge in [-0.15, -0.1) is 41.3 Å². The first-order valence-electron chi connectivity index (χ1n) is 16.9. The molecule has 0 fully saturated rings. The quantitative estimate of drug-likeness (QED) is 0.115. The molecular formula is C43H42N4OPd. The van der Waals surface area contributed by atoms with Gasteiger partial charge in [-0.3, -0.25) is 4.68 Å². The van der Waals surface area contributed by atoms with E-state index in [1.165, 1.54) is 33.4 Å². The van der Waals surface area contributed by atoms with E-state index in [1.54, 1.807) is 0 Å². The molecule has 0 aliphatic rings. The smallest absolute Gasteiger partial charge is 0.509 e. The van der Waals surface area contributed by atoms with Crippen molar-refractivity contribution in [3.05, 3.63) is 130 Å². The summed E-state index contributed by atoms with van der Waals surface area (Å²) in [6, 6.07) is 32.8. The Morgan fingerprint density at radius 1 is 0.796 bits per heavy atom. The van der Waals surface area contributed by atoms with E-state index in [0.717, 1.165) is 63.1 Å². The molecule has 250 valence electrons. The molecule has 6 heteroatoms. The summed E-state index contributed by atoms with van der Waals surface area (Å²) in [4.78, 5) is 4.79. The molecular weight excluding hydrogens is 695 g/mol. The number of para-hydroxylation sites is 1. The minimum absolute atomic E-state index is 0. The van der Waals surface area contributed by atoms with Crippen LogP contribution in [0.25, 0.3) is 44.4 Å². The van der Waals surface area contributed by atoms with E-state index >= 15 is 0 Å². The van der Waals surface area contributed by atoms with E-state index < -0.39 is 0 Å². The fourth-order valence-electron chi connectivity index (χ4n) is 7.18. The summed E-state index contributed by atoms with van der Waals surface area (Å²) in [7, 11) is 0. The molecule has 7 aromatic rings. The third-order valence-electron chi connectivity index (χ3n) is 9.32. The Morgan fingerprint density at radius 3 is 2.29 bits per heavy atom. The number of hydrogen-bond donors (Lipinski definition) is 0. The zero-order chi connectivity index (χ0) is 33.7. The first kappa shape index (κ1) is 34.4. The van der Waals surface area contributed by atoms with Crippen LogP contribution in [-0.4, -0.2) is 19.3 Å². The van der Waals surface area contributed by atoms with Crippen LogP contribution in [0.4, 0.5) is 0 Å². The Bertz CT molecular complexity index is 2300. The predicted molar refractivity (Wildman–Crippen MR) is 197 cm³/mol. The zero-order valence-electron chi connectivity index (χ0n) is 29.5. The molecule has 0 N–H and O–H groups in total. The Labute approximate surface area is 303 Å². The molecule has 4 aromatic carbocycles. The van der Waals surface area contributed by atoms with E-state index in [1.807, 2.05) is 16.9 Å². The zero-order valence-corrected chi connectivity index (χ0v) is 31.1. The van der Waals surface area contributed by atoms with E-state index in [0.29, 0.717) is 11.5 Å². The van der Waals surface area contributed by atoms with Crippen LogP contribution in [0.3, 0.4) is 0 Å². The molecule has 7 rings (SSSR count). The molecule has 0 amide bonds. The van der Waals surface area contributed by atoms with Crippen LogP contribution in [0.2, 0.25) is 0 Å². The van der Waals surface area contributed by atoms with E-state index in [9.17, 15) is 0 Å². The van der Waals surface area contributed by atoms with Gasteiger partial charge in [0.1, 0.15) is 5.82 Å². The van der Waals surface area contributed by atoms with E-state index in [-0.39, 0.29) is 26.3 Å². The van der Waals surface area contributed by atoms with Crippen molar-refractivity contribution in [3.63, 3.8) is 0 Å². The van der Waals surface area contributed by atoms with Gasteiger partial charge in [0.2, 0.25) is 0 Å². The summed E-state index contributed by atoms with van der Waals surface area (Å²) in [6.07, 6.45) is 4.00. The Kier molecular flexibility index (Phi) is 9.67. The van der Waals surface area contributed by atoms with Gasteiger partial charge < -0.3 is 9.30 Å². The number of pyridine rings is 1. The summed E-state index contributed by atoms with van der Waals surface area (Å²) >= 11 is 0. The number of ether oxygens (including phenoxy) is 1. The summed E-state index contributed by atoms with van der Waals surface area (Å²) in [6.45, 7) is 17.4. The van der Waals surface area contributed by atoms with Gasteiger partial charge in [-0.2, -0.15) is 11.2 Å². The topological polar surface area (TPSA) is 44.9 Å². The largest absolute Gasteiger partial charge is 2.00 e. The summed E-state index contributed by atoms with van der Waals surface area (Å²) in [5.74, 6) is 2.43. The molecule has 0 atom stereocenters. The number of benzene rings is 4. The Morgan fingerprint density at radius 2 is 1.55 bits per heavy atom. The molecule has 5 nitrogen and oxygen atoms in total. The van der Waals surface area contributed by atoms with Crippen LogP contribution >= 0.6 is 0 Å². The van der Waals surface area contributed by atoms with Crippen LogP contribution in [0.15, 0.2) is 79.0 Å². The van der Waals surface area contributed by atoms with Crippen LogP contribution in [-0.2, 0) is 26.8 Å². The van der Waals surface area contributed by atoms with Gasteiger partial charge in [-0.1, -0.05) is 68.6 Å². The van der Waals surface area contributed by atoms with Gasteiger partial charge >= 0.3 is 20.4 Å². The first-order valence-corrected chi connectivity index (χ1v) is 16.9. The fourth-order valence-corrected chi connectivity index (χ4v) is 7.18. The summed E-state index contributed by atoms with van der Waals surface area (Å²) in [5, 5.41) is 7.32. The van der Waals surface area contributed by atoms with Gasteiger partial charge in [-0.25, -0.2) is 4.98 Å². The molecule has 3 aromatic heterocycles. The number of nitrogens with zero attached hydrogens (tertiary/aromatic N) is 4. The second-order valence-electron chi connectivity index (χ2n) is 13.4. The van der Waals surface area contributed by atoms with Crippen molar-refractivity contribution in [1.82, 2.24) is 19.3 Å². The molecule has 0 spiro atoms. The fraction of sp³-hybridized carbons (Fsp3) is 0.256. The molecule has 0 unspecified atom stereocenters. The second kappa shape index (κ2) is 13.8. The molecule has 0 aliphatic heterocycles. The van der Waals surface area contributed by atoms with Crippen molar-refractivity contribution in [2.45, 2.75) is 74.1 Å². The van der Waals surface area contributed by atoms with Gasteiger partial charge in [0.15, 0.2) is 0 Å². The number of aryl methyl sites for hydroxylation is 5. The monoisotopic (exact) mass is 736 g/mol. The standard InChI is InChI=1S/C43H42N4O.Pd/c1-9-12-32-17-18-44-41(21-32)46-39-14-11-10-13-37(39)38-16-15-35(25-40(38)46)48-36-23-33(26(2)3)22-34(24-36)47-31(8)43(30(7)45-47)42-28(5)19-27(4)20-29(42)6;/h10-11,13-23,26H,9,12H2,1-8H3;/q-2;+2. The Hall–Kier alpha value is -4.50. The Balaban J connectivity index is 0.00000417. The van der Waals surface area contributed by atoms with Crippen molar-refractivity contribution in [3.8, 4) is 34.1 Å². The number of aromatic nitrogens is 4. The maximum atomic E-state index is 6.62. The summed E-state index contributed by atoms with van der Waals surface area (Å²) < 4.78 is 10.8. The van der Waals surface area contributed by atoms with Crippen molar-refractivity contribution in [2.75, 3.05) is 0 Å². The van der Waals surface area contributed by atoms with Crippen LogP contribution in [0, 0.1) is 46.8 Å². The average molecular weight is 737 g/mol. The first-order chi connectivity index (χ1) is 23.1. The molecule has 3 heterocycles. The number of rotatable bonds is 8. The maximum Gasteiger partial charge on any atom is 2.00 e. The van der Waals surface area contributed by atoms with Gasteiger partial charge in [-0.05, 0) is 98.5 Å². The third kappa shape index (κ3) is 6.36.